The largest absolute Gasteiger partial charge is 0.469 e. The molecule has 0 N–H and O–H groups in total. The molecule has 60 valence electrons. The molecule has 0 radical (unpaired) electrons. The van der Waals surface area contributed by atoms with Gasteiger partial charge in [-0.15, -0.1) is 0 Å². The second kappa shape index (κ2) is 3.75. The number of methoxy groups -OCH3 is 1. The molecular weight excluding hydrogens is 146 g/mol. The summed E-state index contributed by atoms with van der Waals surface area (Å²) in [5, 5.41) is 3.50. The Hall–Kier alpha value is -1.32. The minimum atomic E-state index is -0.216. The zero-order valence-corrected chi connectivity index (χ0v) is 6.24. The summed E-state index contributed by atoms with van der Waals surface area (Å²) < 4.78 is 9.04. The lowest BCUT2D eigenvalue weighted by atomic mass is 10.2. The molecule has 4 nitrogen and oxygen atoms in total. The van der Waals surface area contributed by atoms with Gasteiger partial charge in [0, 0.05) is 12.0 Å². The van der Waals surface area contributed by atoms with Gasteiger partial charge in [-0.2, -0.15) is 0 Å². The Labute approximate surface area is 64.1 Å². The fraction of sp³-hybridized carbons (Fsp3) is 0.429. The zero-order valence-electron chi connectivity index (χ0n) is 6.24. The fourth-order valence-electron chi connectivity index (χ4n) is 0.699. The predicted octanol–water partition coefficient (Wildman–Crippen LogP) is 0.780. The van der Waals surface area contributed by atoms with Crippen LogP contribution in [0.15, 0.2) is 17.0 Å². The number of carbonyl (C=O) groups excluding carboxylic acids is 1. The van der Waals surface area contributed by atoms with Crippen LogP contribution in [0.5, 0.6) is 0 Å². The minimum absolute atomic E-state index is 0.216. The van der Waals surface area contributed by atoms with E-state index in [1.54, 1.807) is 6.20 Å². The van der Waals surface area contributed by atoms with Gasteiger partial charge >= 0.3 is 5.97 Å². The van der Waals surface area contributed by atoms with Crippen molar-refractivity contribution in [3.05, 3.63) is 18.0 Å². The molecule has 0 aliphatic rings. The number of nitrogens with zero attached hydrogens (tertiary/aromatic N) is 1. The van der Waals surface area contributed by atoms with E-state index in [-0.39, 0.29) is 5.97 Å². The van der Waals surface area contributed by atoms with Gasteiger partial charge in [0.1, 0.15) is 6.26 Å². The Bertz CT molecular complexity index is 218. The smallest absolute Gasteiger partial charge is 0.305 e. The van der Waals surface area contributed by atoms with Crippen LogP contribution < -0.4 is 0 Å². The summed E-state index contributed by atoms with van der Waals surface area (Å²) in [6.07, 6.45) is 4.10. The maximum atomic E-state index is 10.6. The lowest BCUT2D eigenvalue weighted by Crippen LogP contribution is -2.01. The predicted molar refractivity (Wildman–Crippen MR) is 36.8 cm³/mol. The van der Waals surface area contributed by atoms with E-state index in [1.165, 1.54) is 13.4 Å². The van der Waals surface area contributed by atoms with Gasteiger partial charge in [0.15, 0.2) is 0 Å². The second-order valence-electron chi connectivity index (χ2n) is 2.11. The highest BCUT2D eigenvalue weighted by Gasteiger charge is 2.01. The molecule has 0 saturated heterocycles. The Morgan fingerprint density at radius 2 is 2.64 bits per heavy atom. The third-order valence-electron chi connectivity index (χ3n) is 1.33. The topological polar surface area (TPSA) is 52.3 Å². The van der Waals surface area contributed by atoms with Crippen LogP contribution in [-0.4, -0.2) is 18.2 Å². The lowest BCUT2D eigenvalue weighted by Gasteiger charge is -1.94. The first-order chi connectivity index (χ1) is 5.33. The summed E-state index contributed by atoms with van der Waals surface area (Å²) in [6.45, 7) is 0. The molecule has 0 bridgehead atoms. The van der Waals surface area contributed by atoms with Crippen LogP contribution in [0.2, 0.25) is 0 Å². The van der Waals surface area contributed by atoms with Gasteiger partial charge in [0.05, 0.1) is 13.3 Å². The van der Waals surface area contributed by atoms with Crippen molar-refractivity contribution in [2.75, 3.05) is 7.11 Å². The Morgan fingerprint density at radius 1 is 1.82 bits per heavy atom. The van der Waals surface area contributed by atoms with Crippen molar-refractivity contribution in [3.8, 4) is 0 Å². The molecule has 1 rings (SSSR count). The number of aromatic nitrogens is 1. The Balaban J connectivity index is 2.29. The van der Waals surface area contributed by atoms with Crippen molar-refractivity contribution in [2.24, 2.45) is 0 Å². The average Bonchev–Trinajstić information content (AvgIpc) is 2.52. The zero-order chi connectivity index (χ0) is 8.10. The second-order valence-corrected chi connectivity index (χ2v) is 2.11. The van der Waals surface area contributed by atoms with E-state index in [4.69, 9.17) is 0 Å². The molecule has 1 heterocycles. The normalized spacial score (nSPS) is 9.55. The van der Waals surface area contributed by atoms with Crippen LogP contribution in [0.25, 0.3) is 0 Å². The van der Waals surface area contributed by atoms with E-state index in [9.17, 15) is 4.79 Å². The number of ether oxygens (including phenoxy) is 1. The maximum absolute atomic E-state index is 10.6. The number of carbonyl (C=O) groups is 1. The molecule has 4 heteroatoms. The van der Waals surface area contributed by atoms with Crippen LogP contribution in [0, 0.1) is 0 Å². The van der Waals surface area contributed by atoms with Gasteiger partial charge in [-0.25, -0.2) is 0 Å². The number of esters is 1. The fourth-order valence-corrected chi connectivity index (χ4v) is 0.699. The molecule has 0 unspecified atom stereocenters. The van der Waals surface area contributed by atoms with Crippen molar-refractivity contribution >= 4 is 5.97 Å². The number of hydrogen-bond donors (Lipinski definition) is 0. The molecule has 0 fully saturated rings. The van der Waals surface area contributed by atoms with Crippen LogP contribution in [0.3, 0.4) is 0 Å². The summed E-state index contributed by atoms with van der Waals surface area (Å²) in [5.74, 6) is -0.216. The Kier molecular flexibility index (Phi) is 2.66. The monoisotopic (exact) mass is 155 g/mol. The highest BCUT2D eigenvalue weighted by Crippen LogP contribution is 2.01. The highest BCUT2D eigenvalue weighted by molar-refractivity contribution is 5.69. The van der Waals surface area contributed by atoms with E-state index < -0.39 is 0 Å². The van der Waals surface area contributed by atoms with Crippen molar-refractivity contribution in [2.45, 2.75) is 12.8 Å². The van der Waals surface area contributed by atoms with Gasteiger partial charge < -0.3 is 9.26 Å². The molecule has 1 aromatic rings. The first-order valence-electron chi connectivity index (χ1n) is 3.28. The lowest BCUT2D eigenvalue weighted by molar-refractivity contribution is -0.140. The molecule has 0 saturated carbocycles. The highest BCUT2D eigenvalue weighted by atomic mass is 16.5. The van der Waals surface area contributed by atoms with Gasteiger partial charge in [-0.1, -0.05) is 5.16 Å². The SMILES string of the molecule is COC(=O)CCc1cnoc1. The van der Waals surface area contributed by atoms with Gasteiger partial charge in [0.2, 0.25) is 0 Å². The molecule has 1 aromatic heterocycles. The molecule has 0 amide bonds. The summed E-state index contributed by atoms with van der Waals surface area (Å²) in [4.78, 5) is 10.6. The van der Waals surface area contributed by atoms with Crippen molar-refractivity contribution in [3.63, 3.8) is 0 Å². The van der Waals surface area contributed by atoms with Crippen LogP contribution in [0.1, 0.15) is 12.0 Å². The molecule has 11 heavy (non-hydrogen) atoms. The number of aryl methyl sites for hydroxylation is 1. The minimum Gasteiger partial charge on any atom is -0.469 e. The van der Waals surface area contributed by atoms with E-state index in [0.29, 0.717) is 12.8 Å². The average molecular weight is 155 g/mol. The molecule has 0 spiro atoms. The summed E-state index contributed by atoms with van der Waals surface area (Å²) in [6, 6.07) is 0. The summed E-state index contributed by atoms with van der Waals surface area (Å²) in [7, 11) is 1.37. The van der Waals surface area contributed by atoms with Crippen molar-refractivity contribution < 1.29 is 14.1 Å². The standard InChI is InChI=1S/C7H9NO3/c1-10-7(9)3-2-6-4-8-11-5-6/h4-5H,2-3H2,1H3. The molecule has 0 aromatic carbocycles. The summed E-state index contributed by atoms with van der Waals surface area (Å²) >= 11 is 0. The van der Waals surface area contributed by atoms with E-state index in [0.717, 1.165) is 5.56 Å². The maximum Gasteiger partial charge on any atom is 0.305 e. The van der Waals surface area contributed by atoms with Crippen molar-refractivity contribution in [1.82, 2.24) is 5.16 Å². The number of hydrogen-bond acceptors (Lipinski definition) is 4. The van der Waals surface area contributed by atoms with Gasteiger partial charge in [-0.05, 0) is 6.42 Å². The van der Waals surface area contributed by atoms with Gasteiger partial charge in [-0.3, -0.25) is 4.79 Å². The van der Waals surface area contributed by atoms with E-state index >= 15 is 0 Å². The third-order valence-corrected chi connectivity index (χ3v) is 1.33. The van der Waals surface area contributed by atoms with E-state index in [2.05, 4.69) is 14.4 Å². The van der Waals surface area contributed by atoms with E-state index in [1.807, 2.05) is 0 Å². The van der Waals surface area contributed by atoms with Gasteiger partial charge in [0.25, 0.3) is 0 Å². The quantitative estimate of drug-likeness (QED) is 0.605. The first-order valence-corrected chi connectivity index (χ1v) is 3.28. The molecule has 0 aliphatic carbocycles. The van der Waals surface area contributed by atoms with Crippen LogP contribution >= 0.6 is 0 Å². The van der Waals surface area contributed by atoms with Crippen molar-refractivity contribution in [1.29, 1.82) is 0 Å². The van der Waals surface area contributed by atoms with Crippen LogP contribution in [0.4, 0.5) is 0 Å². The molecular formula is C7H9NO3. The third kappa shape index (κ3) is 2.41. The molecule has 0 atom stereocenters. The molecule has 0 aliphatic heterocycles. The summed E-state index contributed by atoms with van der Waals surface area (Å²) in [5.41, 5.74) is 0.912. The Morgan fingerprint density at radius 3 is 3.18 bits per heavy atom. The first kappa shape index (κ1) is 7.78. The number of rotatable bonds is 3. The van der Waals surface area contributed by atoms with Crippen LogP contribution in [-0.2, 0) is 16.0 Å².